The molecule has 35 heavy (non-hydrogen) atoms. The van der Waals surface area contributed by atoms with E-state index in [1.807, 2.05) is 24.3 Å². The average molecular weight is 519 g/mol. The van der Waals surface area contributed by atoms with Gasteiger partial charge in [0.25, 0.3) is 0 Å². The summed E-state index contributed by atoms with van der Waals surface area (Å²) >= 11 is 7.54. The van der Waals surface area contributed by atoms with Gasteiger partial charge >= 0.3 is 0 Å². The molecule has 4 rings (SSSR count). The zero-order valence-corrected chi connectivity index (χ0v) is 21.4. The Kier molecular flexibility index (Phi) is 9.25. The van der Waals surface area contributed by atoms with E-state index in [1.54, 1.807) is 31.1 Å². The quantitative estimate of drug-likeness (QED) is 0.342. The third-order valence-corrected chi connectivity index (χ3v) is 8.05. The van der Waals surface area contributed by atoms with Crippen molar-refractivity contribution in [3.05, 3.63) is 65.1 Å². The summed E-state index contributed by atoms with van der Waals surface area (Å²) in [6.45, 7) is 2.79. The number of halogens is 2. The maximum atomic E-state index is 13.5. The van der Waals surface area contributed by atoms with Crippen LogP contribution in [-0.4, -0.2) is 59.2 Å². The lowest BCUT2D eigenvalue weighted by Crippen LogP contribution is -2.43. The van der Waals surface area contributed by atoms with Crippen molar-refractivity contribution in [1.29, 1.82) is 0 Å². The first-order chi connectivity index (χ1) is 17.0. The normalized spacial score (nSPS) is 19.7. The zero-order chi connectivity index (χ0) is 24.8. The van der Waals surface area contributed by atoms with Gasteiger partial charge in [-0.3, -0.25) is 4.98 Å². The number of benzene rings is 2. The van der Waals surface area contributed by atoms with Gasteiger partial charge in [0.2, 0.25) is 0 Å². The highest BCUT2D eigenvalue weighted by atomic mass is 35.5. The molecule has 8 heteroatoms. The zero-order valence-electron chi connectivity index (χ0n) is 19.9. The van der Waals surface area contributed by atoms with Crippen molar-refractivity contribution in [1.82, 2.24) is 9.88 Å². The third kappa shape index (κ3) is 6.86. The number of pyridine rings is 1. The summed E-state index contributed by atoms with van der Waals surface area (Å²) in [5.74, 6) is 1.80. The Bertz CT molecular complexity index is 1110. The van der Waals surface area contributed by atoms with Gasteiger partial charge in [-0.05, 0) is 85.7 Å². The largest absolute Gasteiger partial charge is 0.497 e. The molecule has 2 heterocycles. The molecule has 3 atom stereocenters. The fraction of sp³-hybridized carbons (Fsp3) is 0.444. The van der Waals surface area contributed by atoms with E-state index in [0.717, 1.165) is 65.3 Å². The van der Waals surface area contributed by atoms with Crippen molar-refractivity contribution in [2.75, 3.05) is 39.1 Å². The van der Waals surface area contributed by atoms with Crippen molar-refractivity contribution >= 4 is 34.3 Å². The second-order valence-electron chi connectivity index (χ2n) is 9.12. The standard InChI is InChI=1S/C27H32ClFN2O3S/c1-34-22-3-4-26-25(15-22)24(6-8-30-26)27(33)5-2-18-7-9-31(16-19(18)17-32)10-11-35-23-13-20(28)12-21(29)14-23/h3-4,6,8,12-15,18-19,27,32-33H,2,5,7,9-11,16-17H2,1H3/t18-,19-,27?/m1/s1. The molecule has 0 saturated carbocycles. The third-order valence-electron chi connectivity index (χ3n) is 6.87. The van der Waals surface area contributed by atoms with Crippen LogP contribution in [0.5, 0.6) is 5.75 Å². The second kappa shape index (κ2) is 12.4. The number of ether oxygens (including phenoxy) is 1. The highest BCUT2D eigenvalue weighted by molar-refractivity contribution is 7.99. The number of likely N-dealkylation sites (tertiary alicyclic amines) is 1. The predicted molar refractivity (Wildman–Crippen MR) is 140 cm³/mol. The Morgan fingerprint density at radius 3 is 2.86 bits per heavy atom. The van der Waals surface area contributed by atoms with Gasteiger partial charge in [-0.2, -0.15) is 0 Å². The molecule has 188 valence electrons. The van der Waals surface area contributed by atoms with Crippen LogP contribution in [-0.2, 0) is 0 Å². The molecule has 1 fully saturated rings. The summed E-state index contributed by atoms with van der Waals surface area (Å²) in [7, 11) is 1.63. The van der Waals surface area contributed by atoms with Crippen molar-refractivity contribution in [2.45, 2.75) is 30.3 Å². The molecule has 0 bridgehead atoms. The lowest BCUT2D eigenvalue weighted by molar-refractivity contribution is 0.0608. The first kappa shape index (κ1) is 26.2. The average Bonchev–Trinajstić information content (AvgIpc) is 2.86. The predicted octanol–water partition coefficient (Wildman–Crippen LogP) is 5.57. The number of nitrogens with zero attached hydrogens (tertiary/aromatic N) is 2. The Morgan fingerprint density at radius 1 is 1.23 bits per heavy atom. The molecule has 1 unspecified atom stereocenters. The Balaban J connectivity index is 1.29. The summed E-state index contributed by atoms with van der Waals surface area (Å²) in [6, 6.07) is 12.2. The highest BCUT2D eigenvalue weighted by Crippen LogP contribution is 2.34. The number of rotatable bonds is 10. The van der Waals surface area contributed by atoms with Crippen LogP contribution in [0, 0.1) is 17.7 Å². The summed E-state index contributed by atoms with van der Waals surface area (Å²) in [5, 5.41) is 22.4. The van der Waals surface area contributed by atoms with Crippen LogP contribution in [0.1, 0.15) is 30.9 Å². The summed E-state index contributed by atoms with van der Waals surface area (Å²) in [5.41, 5.74) is 1.70. The first-order valence-corrected chi connectivity index (χ1v) is 13.4. The van der Waals surface area contributed by atoms with E-state index in [9.17, 15) is 14.6 Å². The number of fused-ring (bicyclic) bond motifs is 1. The fourth-order valence-electron chi connectivity index (χ4n) is 4.94. The van der Waals surface area contributed by atoms with Gasteiger partial charge in [0.1, 0.15) is 11.6 Å². The molecule has 3 aromatic rings. The molecule has 5 nitrogen and oxygen atoms in total. The molecular formula is C27H32ClFN2O3S. The topological polar surface area (TPSA) is 65.8 Å². The Morgan fingerprint density at radius 2 is 2.09 bits per heavy atom. The smallest absolute Gasteiger partial charge is 0.125 e. The molecule has 2 N–H and O–H groups in total. The second-order valence-corrected chi connectivity index (χ2v) is 10.7. The van der Waals surface area contributed by atoms with Crippen molar-refractivity contribution < 1.29 is 19.3 Å². The molecule has 1 aliphatic heterocycles. The number of hydrogen-bond acceptors (Lipinski definition) is 6. The SMILES string of the molecule is COc1ccc2nccc(C(O)CC[C@@H]3CCN(CCSc4cc(F)cc(Cl)c4)C[C@@H]3CO)c2c1. The van der Waals surface area contributed by atoms with Crippen LogP contribution in [0.25, 0.3) is 10.9 Å². The maximum Gasteiger partial charge on any atom is 0.125 e. The molecule has 0 spiro atoms. The van der Waals surface area contributed by atoms with E-state index in [-0.39, 0.29) is 18.3 Å². The summed E-state index contributed by atoms with van der Waals surface area (Å²) in [6.07, 6.45) is 3.61. The van der Waals surface area contributed by atoms with Gasteiger partial charge in [0, 0.05) is 47.0 Å². The minimum Gasteiger partial charge on any atom is -0.497 e. The highest BCUT2D eigenvalue weighted by Gasteiger charge is 2.29. The molecule has 1 aromatic heterocycles. The van der Waals surface area contributed by atoms with Crippen molar-refractivity contribution in [3.8, 4) is 5.75 Å². The molecule has 0 aliphatic carbocycles. The minimum absolute atomic E-state index is 0.138. The van der Waals surface area contributed by atoms with E-state index < -0.39 is 6.10 Å². The number of thioether (sulfide) groups is 1. The van der Waals surface area contributed by atoms with Crippen molar-refractivity contribution in [3.63, 3.8) is 0 Å². The Hall–Kier alpha value is -1.90. The van der Waals surface area contributed by atoms with Gasteiger partial charge in [-0.1, -0.05) is 11.6 Å². The monoisotopic (exact) mass is 518 g/mol. The lowest BCUT2D eigenvalue weighted by Gasteiger charge is -2.38. The van der Waals surface area contributed by atoms with Gasteiger partial charge in [-0.15, -0.1) is 11.8 Å². The Labute approximate surface area is 215 Å². The first-order valence-electron chi connectivity index (χ1n) is 12.0. The maximum absolute atomic E-state index is 13.5. The summed E-state index contributed by atoms with van der Waals surface area (Å²) < 4.78 is 18.9. The number of piperidine rings is 1. The number of aliphatic hydroxyl groups excluding tert-OH is 2. The van der Waals surface area contributed by atoms with E-state index >= 15 is 0 Å². The van der Waals surface area contributed by atoms with E-state index in [4.69, 9.17) is 16.3 Å². The number of aliphatic hydroxyl groups is 2. The molecule has 2 aromatic carbocycles. The molecule has 0 radical (unpaired) electrons. The van der Waals surface area contributed by atoms with E-state index in [0.29, 0.717) is 17.4 Å². The van der Waals surface area contributed by atoms with E-state index in [2.05, 4.69) is 9.88 Å². The molecule has 0 amide bonds. The lowest BCUT2D eigenvalue weighted by atomic mass is 9.81. The van der Waals surface area contributed by atoms with Gasteiger partial charge in [0.15, 0.2) is 0 Å². The van der Waals surface area contributed by atoms with Gasteiger partial charge in [-0.25, -0.2) is 4.39 Å². The van der Waals surface area contributed by atoms with Crippen LogP contribution < -0.4 is 4.74 Å². The van der Waals surface area contributed by atoms with Crippen LogP contribution in [0.3, 0.4) is 0 Å². The molecular weight excluding hydrogens is 487 g/mol. The van der Waals surface area contributed by atoms with E-state index in [1.165, 1.54) is 12.1 Å². The van der Waals surface area contributed by atoms with Gasteiger partial charge < -0.3 is 19.8 Å². The molecule has 1 aliphatic rings. The van der Waals surface area contributed by atoms with Crippen LogP contribution in [0.4, 0.5) is 4.39 Å². The number of aromatic nitrogens is 1. The summed E-state index contributed by atoms with van der Waals surface area (Å²) in [4.78, 5) is 7.60. The fourth-order valence-corrected chi connectivity index (χ4v) is 6.22. The minimum atomic E-state index is -0.598. The number of hydrogen-bond donors (Lipinski definition) is 2. The van der Waals surface area contributed by atoms with Crippen LogP contribution in [0.2, 0.25) is 5.02 Å². The van der Waals surface area contributed by atoms with Crippen LogP contribution >= 0.6 is 23.4 Å². The van der Waals surface area contributed by atoms with Crippen LogP contribution in [0.15, 0.2) is 53.6 Å². The van der Waals surface area contributed by atoms with Gasteiger partial charge in [0.05, 0.1) is 18.7 Å². The van der Waals surface area contributed by atoms with Crippen molar-refractivity contribution in [2.24, 2.45) is 11.8 Å². The molecule has 1 saturated heterocycles. The number of methoxy groups -OCH3 is 1.